The first-order chi connectivity index (χ1) is 12.1. The molecule has 1 saturated carbocycles. The van der Waals surface area contributed by atoms with Crippen LogP contribution in [0.4, 0.5) is 5.82 Å². The summed E-state index contributed by atoms with van der Waals surface area (Å²) in [5.74, 6) is 0.889. The SMILES string of the molecule is CC1COCCN1c1cc(C2(C#N)CCCCC2)c2snc(Cl)c2n1. The molecule has 1 unspecified atom stereocenters. The molecule has 3 heterocycles. The van der Waals surface area contributed by atoms with Crippen LogP contribution in [-0.4, -0.2) is 35.2 Å². The van der Waals surface area contributed by atoms with E-state index in [1.807, 2.05) is 0 Å². The van der Waals surface area contributed by atoms with Crippen molar-refractivity contribution in [3.8, 4) is 6.07 Å². The van der Waals surface area contributed by atoms with Gasteiger partial charge in [0.1, 0.15) is 11.3 Å². The second-order valence-corrected chi connectivity index (χ2v) is 8.18. The lowest BCUT2D eigenvalue weighted by atomic mass is 9.70. The van der Waals surface area contributed by atoms with Crippen LogP contribution < -0.4 is 4.90 Å². The molecule has 2 aromatic rings. The van der Waals surface area contributed by atoms with Crippen molar-refractivity contribution in [3.63, 3.8) is 0 Å². The van der Waals surface area contributed by atoms with Crippen LogP contribution in [0, 0.1) is 11.3 Å². The summed E-state index contributed by atoms with van der Waals surface area (Å²) in [5.41, 5.74) is 1.36. The molecule has 7 heteroatoms. The van der Waals surface area contributed by atoms with E-state index in [2.05, 4.69) is 28.3 Å². The number of nitriles is 1. The third kappa shape index (κ3) is 2.88. The molecule has 1 aliphatic heterocycles. The highest BCUT2D eigenvalue weighted by Gasteiger charge is 2.37. The van der Waals surface area contributed by atoms with E-state index in [1.165, 1.54) is 18.0 Å². The number of ether oxygens (including phenoxy) is 1. The number of nitrogens with zero attached hydrogens (tertiary/aromatic N) is 4. The number of hydrogen-bond donors (Lipinski definition) is 0. The maximum Gasteiger partial charge on any atom is 0.169 e. The van der Waals surface area contributed by atoms with Crippen molar-refractivity contribution in [2.45, 2.75) is 50.5 Å². The first-order valence-electron chi connectivity index (χ1n) is 8.87. The lowest BCUT2D eigenvalue weighted by Gasteiger charge is -2.36. The lowest BCUT2D eigenvalue weighted by molar-refractivity contribution is 0.0985. The number of anilines is 1. The van der Waals surface area contributed by atoms with Gasteiger partial charge in [0, 0.05) is 6.54 Å². The summed E-state index contributed by atoms with van der Waals surface area (Å²) in [5, 5.41) is 10.5. The van der Waals surface area contributed by atoms with Crippen LogP contribution in [0.2, 0.25) is 5.15 Å². The Morgan fingerprint density at radius 2 is 2.20 bits per heavy atom. The zero-order chi connectivity index (χ0) is 17.4. The summed E-state index contributed by atoms with van der Waals surface area (Å²) in [6, 6.07) is 5.01. The number of fused-ring (bicyclic) bond motifs is 1. The zero-order valence-corrected chi connectivity index (χ0v) is 15.9. The van der Waals surface area contributed by atoms with E-state index in [-0.39, 0.29) is 6.04 Å². The van der Waals surface area contributed by atoms with E-state index in [0.29, 0.717) is 18.4 Å². The van der Waals surface area contributed by atoms with Crippen molar-refractivity contribution in [2.75, 3.05) is 24.7 Å². The maximum absolute atomic E-state index is 10.1. The fourth-order valence-electron chi connectivity index (χ4n) is 4.05. The Bertz CT molecular complexity index is 824. The van der Waals surface area contributed by atoms with Crippen LogP contribution in [0.1, 0.15) is 44.6 Å². The van der Waals surface area contributed by atoms with E-state index in [9.17, 15) is 5.26 Å². The van der Waals surface area contributed by atoms with Gasteiger partial charge in [-0.3, -0.25) is 0 Å². The first kappa shape index (κ1) is 17.0. The van der Waals surface area contributed by atoms with Gasteiger partial charge in [0.05, 0.1) is 35.4 Å². The average Bonchev–Trinajstić information content (AvgIpc) is 3.03. The molecular formula is C18H21ClN4OS. The molecule has 0 amide bonds. The molecule has 0 spiro atoms. The van der Waals surface area contributed by atoms with Gasteiger partial charge in [0.15, 0.2) is 5.15 Å². The molecule has 0 radical (unpaired) electrons. The predicted molar refractivity (Wildman–Crippen MR) is 100 cm³/mol. The molecule has 0 aromatic carbocycles. The van der Waals surface area contributed by atoms with Gasteiger partial charge in [0.2, 0.25) is 0 Å². The summed E-state index contributed by atoms with van der Waals surface area (Å²) < 4.78 is 10.8. The number of aromatic nitrogens is 2. The fourth-order valence-corrected chi connectivity index (χ4v) is 5.18. The van der Waals surface area contributed by atoms with E-state index in [1.54, 1.807) is 0 Å². The molecule has 4 rings (SSSR count). The molecule has 1 aliphatic carbocycles. The standard InChI is InChI=1S/C18H21ClN4OS/c1-12-10-24-8-7-23(12)14-9-13(16-15(21-14)17(19)22-25-16)18(11-20)5-3-2-4-6-18/h9,12H,2-8,10H2,1H3. The highest BCUT2D eigenvalue weighted by molar-refractivity contribution is 7.14. The van der Waals surface area contributed by atoms with Gasteiger partial charge in [0.25, 0.3) is 0 Å². The van der Waals surface area contributed by atoms with Crippen LogP contribution in [0.15, 0.2) is 6.07 Å². The van der Waals surface area contributed by atoms with Gasteiger partial charge < -0.3 is 9.64 Å². The van der Waals surface area contributed by atoms with Gasteiger partial charge in [-0.05, 0) is 42.9 Å². The van der Waals surface area contributed by atoms with Crippen LogP contribution in [0.3, 0.4) is 0 Å². The summed E-state index contributed by atoms with van der Waals surface area (Å²) in [6.07, 6.45) is 5.18. The van der Waals surface area contributed by atoms with E-state index in [4.69, 9.17) is 21.3 Å². The lowest BCUT2D eigenvalue weighted by Crippen LogP contribution is -2.44. The number of pyridine rings is 1. The second-order valence-electron chi connectivity index (χ2n) is 7.05. The summed E-state index contributed by atoms with van der Waals surface area (Å²) in [7, 11) is 0. The molecule has 0 N–H and O–H groups in total. The Kier molecular flexibility index (Phi) is 4.57. The molecular weight excluding hydrogens is 356 g/mol. The van der Waals surface area contributed by atoms with Crippen LogP contribution in [-0.2, 0) is 10.2 Å². The maximum atomic E-state index is 10.1. The molecule has 2 fully saturated rings. The fraction of sp³-hybridized carbons (Fsp3) is 0.611. The van der Waals surface area contributed by atoms with Gasteiger partial charge in [-0.25, -0.2) is 4.98 Å². The summed E-state index contributed by atoms with van der Waals surface area (Å²) in [4.78, 5) is 7.06. The quantitative estimate of drug-likeness (QED) is 0.782. The minimum absolute atomic E-state index is 0.251. The van der Waals surface area contributed by atoms with Crippen LogP contribution >= 0.6 is 23.1 Å². The molecule has 2 aliphatic rings. The van der Waals surface area contributed by atoms with E-state index >= 15 is 0 Å². The molecule has 2 aromatic heterocycles. The molecule has 25 heavy (non-hydrogen) atoms. The minimum Gasteiger partial charge on any atom is -0.377 e. The molecule has 1 saturated heterocycles. The number of morpholine rings is 1. The Morgan fingerprint density at radius 1 is 1.40 bits per heavy atom. The Labute approximate surface area is 156 Å². The van der Waals surface area contributed by atoms with Crippen LogP contribution in [0.25, 0.3) is 10.2 Å². The van der Waals surface area contributed by atoms with Gasteiger partial charge in [-0.1, -0.05) is 30.9 Å². The van der Waals surface area contributed by atoms with Crippen LogP contribution in [0.5, 0.6) is 0 Å². The zero-order valence-electron chi connectivity index (χ0n) is 14.3. The monoisotopic (exact) mass is 376 g/mol. The molecule has 1 atom stereocenters. The van der Waals surface area contributed by atoms with E-state index in [0.717, 1.165) is 53.8 Å². The smallest absolute Gasteiger partial charge is 0.169 e. The van der Waals surface area contributed by atoms with Crippen molar-refractivity contribution in [3.05, 3.63) is 16.8 Å². The van der Waals surface area contributed by atoms with Crippen molar-refractivity contribution >= 4 is 39.2 Å². The minimum atomic E-state index is -0.445. The number of rotatable bonds is 2. The third-order valence-electron chi connectivity index (χ3n) is 5.47. The predicted octanol–water partition coefficient (Wildman–Crippen LogP) is 4.30. The second kappa shape index (κ2) is 6.71. The third-order valence-corrected chi connectivity index (χ3v) is 6.70. The van der Waals surface area contributed by atoms with Gasteiger partial charge in [-0.15, -0.1) is 0 Å². The van der Waals surface area contributed by atoms with E-state index < -0.39 is 5.41 Å². The normalized spacial score (nSPS) is 23.6. The average molecular weight is 377 g/mol. The highest BCUT2D eigenvalue weighted by Crippen LogP contribution is 2.45. The summed E-state index contributed by atoms with van der Waals surface area (Å²) in [6.45, 7) is 4.32. The van der Waals surface area contributed by atoms with Crippen molar-refractivity contribution < 1.29 is 4.74 Å². The Morgan fingerprint density at radius 3 is 2.92 bits per heavy atom. The van der Waals surface area contributed by atoms with Crippen molar-refractivity contribution in [1.82, 2.24) is 9.36 Å². The number of hydrogen-bond acceptors (Lipinski definition) is 6. The molecule has 132 valence electrons. The summed E-state index contributed by atoms with van der Waals surface area (Å²) >= 11 is 7.70. The van der Waals surface area contributed by atoms with Gasteiger partial charge >= 0.3 is 0 Å². The van der Waals surface area contributed by atoms with Crippen molar-refractivity contribution in [1.29, 1.82) is 5.26 Å². The first-order valence-corrected chi connectivity index (χ1v) is 10.0. The molecule has 0 bridgehead atoms. The Balaban J connectivity index is 1.89. The molecule has 5 nitrogen and oxygen atoms in total. The highest BCUT2D eigenvalue weighted by atomic mass is 35.5. The van der Waals surface area contributed by atoms with Gasteiger partial charge in [-0.2, -0.15) is 9.64 Å². The van der Waals surface area contributed by atoms with Crippen molar-refractivity contribution in [2.24, 2.45) is 0 Å². The number of halogens is 1. The topological polar surface area (TPSA) is 62.0 Å². The largest absolute Gasteiger partial charge is 0.377 e. The Hall–Kier alpha value is -1.42.